The van der Waals surface area contributed by atoms with E-state index >= 15 is 0 Å². The van der Waals surface area contributed by atoms with Crippen LogP contribution in [0.3, 0.4) is 0 Å². The minimum Gasteiger partial charge on any atom is -0.489 e. The Morgan fingerprint density at radius 2 is 1.67 bits per heavy atom. The maximum Gasteiger partial charge on any atom is 0.283 e. The smallest absolute Gasteiger partial charge is 0.283 e. The Kier molecular flexibility index (Phi) is 7.54. The lowest BCUT2D eigenvalue weighted by Crippen LogP contribution is -2.32. The molecular weight excluding hydrogens is 525 g/mol. The molecule has 1 aliphatic rings. The highest BCUT2D eigenvalue weighted by Crippen LogP contribution is 2.35. The van der Waals surface area contributed by atoms with E-state index in [9.17, 15) is 14.4 Å². The fourth-order valence-electron chi connectivity index (χ4n) is 3.50. The van der Waals surface area contributed by atoms with E-state index in [-0.39, 0.29) is 33.5 Å². The Bertz CT molecular complexity index is 1400. The van der Waals surface area contributed by atoms with E-state index in [1.807, 2.05) is 19.9 Å². The van der Waals surface area contributed by atoms with Crippen molar-refractivity contribution in [2.45, 2.75) is 20.0 Å². The first-order chi connectivity index (χ1) is 17.2. The Balaban J connectivity index is 1.54. The van der Waals surface area contributed by atoms with Crippen LogP contribution in [0.15, 0.2) is 77.5 Å². The third-order valence-corrected chi connectivity index (χ3v) is 5.96. The van der Waals surface area contributed by atoms with Crippen molar-refractivity contribution in [1.29, 1.82) is 0 Å². The van der Waals surface area contributed by atoms with Gasteiger partial charge in [0.25, 0.3) is 17.7 Å². The van der Waals surface area contributed by atoms with Gasteiger partial charge in [-0.3, -0.25) is 14.4 Å². The van der Waals surface area contributed by atoms with Crippen LogP contribution in [0.25, 0.3) is 0 Å². The van der Waals surface area contributed by atoms with Gasteiger partial charge in [0.2, 0.25) is 0 Å². The first kappa shape index (κ1) is 25.6. The second-order valence-electron chi connectivity index (χ2n) is 8.05. The second kappa shape index (κ2) is 10.6. The summed E-state index contributed by atoms with van der Waals surface area (Å²) >= 11 is 18.3. The first-order valence-corrected chi connectivity index (χ1v) is 12.0. The van der Waals surface area contributed by atoms with Crippen LogP contribution in [0.2, 0.25) is 10.0 Å². The molecule has 0 aromatic heterocycles. The number of halogens is 3. The SMILES string of the molecule is CC(C)Oc1ccccc1NC(=O)c1cccc(NC2=C(Cl)C(=O)N(c3ccc(Cl)cc3Cl)C2=O)c1. The Hall–Kier alpha value is -3.52. The predicted octanol–water partition coefficient (Wildman–Crippen LogP) is 6.47. The van der Waals surface area contributed by atoms with Crippen LogP contribution in [0.5, 0.6) is 5.75 Å². The summed E-state index contributed by atoms with van der Waals surface area (Å²) in [6.07, 6.45) is -0.0671. The summed E-state index contributed by atoms with van der Waals surface area (Å²) in [5, 5.41) is 5.86. The van der Waals surface area contributed by atoms with Gasteiger partial charge >= 0.3 is 0 Å². The molecule has 0 radical (unpaired) electrons. The number of nitrogens with zero attached hydrogens (tertiary/aromatic N) is 1. The van der Waals surface area contributed by atoms with Gasteiger partial charge in [-0.15, -0.1) is 0 Å². The molecule has 0 spiro atoms. The molecule has 0 fully saturated rings. The largest absolute Gasteiger partial charge is 0.489 e. The molecular formula is C26H20Cl3N3O4. The van der Waals surface area contributed by atoms with E-state index in [1.54, 1.807) is 36.4 Å². The highest BCUT2D eigenvalue weighted by molar-refractivity contribution is 6.54. The van der Waals surface area contributed by atoms with E-state index in [2.05, 4.69) is 10.6 Å². The molecule has 0 unspecified atom stereocenters. The van der Waals surface area contributed by atoms with Gasteiger partial charge in [-0.25, -0.2) is 4.90 Å². The van der Waals surface area contributed by atoms with Crippen LogP contribution in [-0.2, 0) is 9.59 Å². The molecule has 4 rings (SSSR count). The highest BCUT2D eigenvalue weighted by Gasteiger charge is 2.39. The summed E-state index contributed by atoms with van der Waals surface area (Å²) in [5.74, 6) is -1.27. The summed E-state index contributed by atoms with van der Waals surface area (Å²) < 4.78 is 5.75. The van der Waals surface area contributed by atoms with Crippen molar-refractivity contribution in [2.24, 2.45) is 0 Å². The van der Waals surface area contributed by atoms with E-state index in [1.165, 1.54) is 24.3 Å². The molecule has 10 heteroatoms. The number of para-hydroxylation sites is 2. The van der Waals surface area contributed by atoms with Crippen molar-refractivity contribution in [3.05, 3.63) is 93.1 Å². The van der Waals surface area contributed by atoms with Gasteiger partial charge in [-0.05, 0) is 62.4 Å². The number of ether oxygens (including phenoxy) is 1. The molecule has 3 aromatic rings. The van der Waals surface area contributed by atoms with Crippen molar-refractivity contribution in [1.82, 2.24) is 0 Å². The lowest BCUT2D eigenvalue weighted by atomic mass is 10.1. The van der Waals surface area contributed by atoms with Crippen molar-refractivity contribution in [3.63, 3.8) is 0 Å². The van der Waals surface area contributed by atoms with Crippen molar-refractivity contribution >= 4 is 69.6 Å². The average molecular weight is 545 g/mol. The molecule has 2 N–H and O–H groups in total. The maximum absolute atomic E-state index is 13.1. The van der Waals surface area contributed by atoms with Gasteiger partial charge < -0.3 is 15.4 Å². The Labute approximate surface area is 222 Å². The molecule has 36 heavy (non-hydrogen) atoms. The van der Waals surface area contributed by atoms with Crippen molar-refractivity contribution in [3.8, 4) is 5.75 Å². The van der Waals surface area contributed by atoms with E-state index < -0.39 is 11.8 Å². The number of hydrogen-bond donors (Lipinski definition) is 2. The first-order valence-electron chi connectivity index (χ1n) is 10.8. The minimum atomic E-state index is -0.732. The monoisotopic (exact) mass is 543 g/mol. The van der Waals surface area contributed by atoms with Crippen LogP contribution in [0.4, 0.5) is 17.1 Å². The molecule has 1 aliphatic heterocycles. The van der Waals surface area contributed by atoms with E-state index in [0.717, 1.165) is 4.90 Å². The van der Waals surface area contributed by atoms with Crippen LogP contribution >= 0.6 is 34.8 Å². The zero-order valence-electron chi connectivity index (χ0n) is 19.1. The summed E-state index contributed by atoms with van der Waals surface area (Å²) in [6.45, 7) is 3.79. The van der Waals surface area contributed by atoms with Crippen molar-refractivity contribution in [2.75, 3.05) is 15.5 Å². The van der Waals surface area contributed by atoms with Crippen LogP contribution in [0, 0.1) is 0 Å². The maximum atomic E-state index is 13.1. The second-order valence-corrected chi connectivity index (χ2v) is 9.27. The summed E-state index contributed by atoms with van der Waals surface area (Å²) in [7, 11) is 0. The Morgan fingerprint density at radius 3 is 2.39 bits per heavy atom. The standard InChI is InChI=1S/C26H20Cl3N3O4/c1-14(2)36-21-9-4-3-8-19(21)31-24(33)15-6-5-7-17(12-15)30-23-22(29)25(34)32(26(23)35)20-11-10-16(27)13-18(20)28/h3-14,30H,1-2H3,(H,31,33). The topological polar surface area (TPSA) is 87.7 Å². The molecule has 0 bridgehead atoms. The summed E-state index contributed by atoms with van der Waals surface area (Å²) in [5.41, 5.74) is 1.23. The lowest BCUT2D eigenvalue weighted by molar-refractivity contribution is -0.120. The number of anilines is 3. The van der Waals surface area contributed by atoms with Crippen LogP contribution in [0.1, 0.15) is 24.2 Å². The summed E-state index contributed by atoms with van der Waals surface area (Å²) in [6, 6.07) is 17.9. The number of carbonyl (C=O) groups is 3. The van der Waals surface area contributed by atoms with E-state index in [0.29, 0.717) is 27.7 Å². The number of nitrogens with one attached hydrogen (secondary N) is 2. The van der Waals surface area contributed by atoms with Crippen molar-refractivity contribution < 1.29 is 19.1 Å². The summed E-state index contributed by atoms with van der Waals surface area (Å²) in [4.78, 5) is 39.6. The molecule has 0 aliphatic carbocycles. The minimum absolute atomic E-state index is 0.0671. The van der Waals surface area contributed by atoms with Gasteiger partial charge in [0.05, 0.1) is 22.5 Å². The fourth-order valence-corrected chi connectivity index (χ4v) is 4.20. The lowest BCUT2D eigenvalue weighted by Gasteiger charge is -2.17. The number of rotatable bonds is 7. The number of benzene rings is 3. The number of amides is 3. The molecule has 3 aromatic carbocycles. The third-order valence-electron chi connectivity index (χ3n) is 5.07. The Morgan fingerprint density at radius 1 is 0.917 bits per heavy atom. The van der Waals surface area contributed by atoms with Gasteiger partial charge in [0.15, 0.2) is 0 Å². The molecule has 0 atom stereocenters. The molecule has 7 nitrogen and oxygen atoms in total. The average Bonchev–Trinajstić information content (AvgIpc) is 3.03. The zero-order chi connectivity index (χ0) is 26.0. The highest BCUT2D eigenvalue weighted by atomic mass is 35.5. The molecule has 184 valence electrons. The molecule has 1 heterocycles. The number of imide groups is 1. The van der Waals surface area contributed by atoms with E-state index in [4.69, 9.17) is 39.5 Å². The van der Waals surface area contributed by atoms with Gasteiger partial charge in [0.1, 0.15) is 16.5 Å². The van der Waals surface area contributed by atoms with Crippen LogP contribution in [-0.4, -0.2) is 23.8 Å². The normalized spacial score (nSPS) is 13.4. The third kappa shape index (κ3) is 5.33. The van der Waals surface area contributed by atoms with Gasteiger partial charge in [0, 0.05) is 16.3 Å². The molecule has 0 saturated heterocycles. The fraction of sp³-hybridized carbons (Fsp3) is 0.115. The zero-order valence-corrected chi connectivity index (χ0v) is 21.4. The number of hydrogen-bond acceptors (Lipinski definition) is 5. The quantitative estimate of drug-likeness (QED) is 0.333. The van der Waals surface area contributed by atoms with Gasteiger partial charge in [-0.2, -0.15) is 0 Å². The number of carbonyl (C=O) groups excluding carboxylic acids is 3. The van der Waals surface area contributed by atoms with Crippen LogP contribution < -0.4 is 20.3 Å². The van der Waals surface area contributed by atoms with Gasteiger partial charge in [-0.1, -0.05) is 53.0 Å². The molecule has 0 saturated carbocycles. The molecule has 3 amide bonds. The predicted molar refractivity (Wildman–Crippen MR) is 142 cm³/mol.